The van der Waals surface area contributed by atoms with Gasteiger partial charge in [0.15, 0.2) is 0 Å². The van der Waals surface area contributed by atoms with Crippen molar-refractivity contribution in [2.75, 3.05) is 30.3 Å². The molecule has 34 heavy (non-hydrogen) atoms. The summed E-state index contributed by atoms with van der Waals surface area (Å²) < 4.78 is 54.6. The van der Waals surface area contributed by atoms with Crippen molar-refractivity contribution < 1.29 is 32.6 Å². The maximum Gasteiger partial charge on any atom is 0.417 e. The number of benzene rings is 1. The first-order chi connectivity index (χ1) is 16.0. The van der Waals surface area contributed by atoms with Crippen LogP contribution in [0.2, 0.25) is 0 Å². The lowest BCUT2D eigenvalue weighted by Crippen LogP contribution is -2.44. The monoisotopic (exact) mass is 498 g/mol. The summed E-state index contributed by atoms with van der Waals surface area (Å²) in [6.07, 6.45) is -4.44. The van der Waals surface area contributed by atoms with Crippen LogP contribution in [-0.4, -0.2) is 46.8 Å². The number of nitrogens with two attached hydrogens (primary N) is 1. The average molecular weight is 499 g/mol. The summed E-state index contributed by atoms with van der Waals surface area (Å²) in [7, 11) is 0. The van der Waals surface area contributed by atoms with Gasteiger partial charge in [-0.25, -0.2) is 14.2 Å². The average Bonchev–Trinajstić information content (AvgIpc) is 3.13. The Morgan fingerprint density at radius 3 is 2.62 bits per heavy atom. The lowest BCUT2D eigenvalue weighted by molar-refractivity contribution is -0.136. The normalized spacial score (nSPS) is 16.2. The number of aromatic nitrogens is 1. The van der Waals surface area contributed by atoms with Gasteiger partial charge < -0.3 is 26.2 Å². The lowest BCUT2D eigenvalue weighted by Gasteiger charge is -2.34. The number of aliphatic hydroxyl groups is 1. The Morgan fingerprint density at radius 2 is 2.00 bits per heavy atom. The number of nitrogens with zero attached hydrogens (tertiary/aromatic N) is 2. The molecule has 1 fully saturated rings. The highest BCUT2D eigenvalue weighted by molar-refractivity contribution is 7.21. The van der Waals surface area contributed by atoms with Crippen LogP contribution in [0.4, 0.5) is 29.1 Å². The van der Waals surface area contributed by atoms with E-state index in [1.807, 2.05) is 0 Å². The molecule has 0 radical (unpaired) electrons. The number of alkyl halides is 3. The second kappa shape index (κ2) is 9.35. The summed E-state index contributed by atoms with van der Waals surface area (Å²) in [5, 5.41) is 22.4. The molecular weight excluding hydrogens is 476 g/mol. The number of nitrogens with one attached hydrogen (secondary N) is 1. The van der Waals surface area contributed by atoms with Crippen molar-refractivity contribution >= 4 is 39.0 Å². The number of hydrogen-bond donors (Lipinski definition) is 4. The number of anilines is 2. The molecule has 1 aliphatic rings. The van der Waals surface area contributed by atoms with Crippen LogP contribution in [0.15, 0.2) is 30.3 Å². The quantitative estimate of drug-likeness (QED) is 0.380. The van der Waals surface area contributed by atoms with E-state index < -0.39 is 35.3 Å². The number of nitrogen functional groups attached to an aromatic ring is 1. The van der Waals surface area contributed by atoms with E-state index in [1.165, 1.54) is 18.2 Å². The molecule has 1 unspecified atom stereocenters. The SMILES string of the molecule is Nc1c(C(=O)O)sc2nc(N3CCC(NCC(O)c4cccc(F)c4)CC3)cc(C(F)(F)F)c12. The zero-order valence-corrected chi connectivity index (χ0v) is 18.6. The van der Waals surface area contributed by atoms with Gasteiger partial charge in [-0.3, -0.25) is 0 Å². The Hall–Kier alpha value is -2.96. The number of aromatic carboxylic acids is 1. The molecule has 182 valence electrons. The van der Waals surface area contributed by atoms with Crippen LogP contribution < -0.4 is 16.0 Å². The lowest BCUT2D eigenvalue weighted by atomic mass is 10.0. The third-order valence-corrected chi connectivity index (χ3v) is 6.92. The predicted octanol–water partition coefficient (Wildman–Crippen LogP) is 4.03. The van der Waals surface area contributed by atoms with Crippen molar-refractivity contribution in [3.63, 3.8) is 0 Å². The van der Waals surface area contributed by atoms with Crippen molar-refractivity contribution in [2.24, 2.45) is 0 Å². The molecule has 0 spiro atoms. The van der Waals surface area contributed by atoms with Gasteiger partial charge in [-0.15, -0.1) is 11.3 Å². The summed E-state index contributed by atoms with van der Waals surface area (Å²) in [4.78, 5) is 16.9. The minimum Gasteiger partial charge on any atom is -0.477 e. The molecule has 4 rings (SSSR count). The molecular formula is C22H22F4N4O3S. The Kier molecular flexibility index (Phi) is 6.65. The van der Waals surface area contributed by atoms with Crippen LogP contribution in [0.25, 0.3) is 10.2 Å². The molecule has 12 heteroatoms. The number of rotatable bonds is 6. The van der Waals surface area contributed by atoms with Gasteiger partial charge >= 0.3 is 12.1 Å². The number of halogens is 4. The number of carboxylic acid groups (broad SMARTS) is 1. The molecule has 5 N–H and O–H groups in total. The topological polar surface area (TPSA) is 112 Å². The van der Waals surface area contributed by atoms with Crippen LogP contribution >= 0.6 is 11.3 Å². The molecule has 1 saturated heterocycles. The third kappa shape index (κ3) is 4.93. The molecule has 3 heterocycles. The van der Waals surface area contributed by atoms with E-state index >= 15 is 0 Å². The van der Waals surface area contributed by atoms with Crippen LogP contribution in [-0.2, 0) is 6.18 Å². The largest absolute Gasteiger partial charge is 0.477 e. The summed E-state index contributed by atoms with van der Waals surface area (Å²) in [6, 6.07) is 6.64. The molecule has 0 amide bonds. The first kappa shape index (κ1) is 24.2. The summed E-state index contributed by atoms with van der Waals surface area (Å²) >= 11 is 0.622. The highest BCUT2D eigenvalue weighted by atomic mass is 32.1. The number of carboxylic acids is 1. The Morgan fingerprint density at radius 1 is 1.29 bits per heavy atom. The van der Waals surface area contributed by atoms with Crippen LogP contribution in [0.5, 0.6) is 0 Å². The molecule has 1 aliphatic heterocycles. The second-order valence-electron chi connectivity index (χ2n) is 8.10. The fourth-order valence-electron chi connectivity index (χ4n) is 4.08. The number of pyridine rings is 1. The van der Waals surface area contributed by atoms with Crippen molar-refractivity contribution in [2.45, 2.75) is 31.2 Å². The van der Waals surface area contributed by atoms with E-state index in [2.05, 4.69) is 10.3 Å². The number of piperidine rings is 1. The third-order valence-electron chi connectivity index (χ3n) is 5.84. The van der Waals surface area contributed by atoms with E-state index in [0.717, 1.165) is 6.07 Å². The number of fused-ring (bicyclic) bond motifs is 1. The fourth-order valence-corrected chi connectivity index (χ4v) is 5.03. The first-order valence-electron chi connectivity index (χ1n) is 10.5. The number of aliphatic hydroxyl groups excluding tert-OH is 1. The van der Waals surface area contributed by atoms with Gasteiger partial charge in [0.05, 0.1) is 17.4 Å². The molecule has 0 aliphatic carbocycles. The van der Waals surface area contributed by atoms with E-state index in [-0.39, 0.29) is 33.5 Å². The van der Waals surface area contributed by atoms with E-state index in [4.69, 9.17) is 5.73 Å². The summed E-state index contributed by atoms with van der Waals surface area (Å²) in [5.74, 6) is -1.73. The zero-order valence-electron chi connectivity index (χ0n) is 17.8. The smallest absolute Gasteiger partial charge is 0.417 e. The van der Waals surface area contributed by atoms with Crippen LogP contribution in [0, 0.1) is 5.82 Å². The molecule has 3 aromatic rings. The number of carbonyl (C=O) groups is 1. The van der Waals surface area contributed by atoms with Gasteiger partial charge in [-0.05, 0) is 36.6 Å². The van der Waals surface area contributed by atoms with E-state index in [9.17, 15) is 32.6 Å². The molecule has 0 saturated carbocycles. The highest BCUT2D eigenvalue weighted by Gasteiger charge is 2.37. The molecule has 7 nitrogen and oxygen atoms in total. The minimum atomic E-state index is -4.73. The van der Waals surface area contributed by atoms with Crippen LogP contribution in [0.3, 0.4) is 0 Å². The Bertz CT molecular complexity index is 1210. The molecule has 0 bridgehead atoms. The van der Waals surface area contributed by atoms with E-state index in [0.29, 0.717) is 42.8 Å². The van der Waals surface area contributed by atoms with Gasteiger partial charge in [-0.2, -0.15) is 13.2 Å². The minimum absolute atomic E-state index is 0.0151. The van der Waals surface area contributed by atoms with E-state index in [1.54, 1.807) is 11.0 Å². The van der Waals surface area contributed by atoms with Crippen molar-refractivity contribution in [3.05, 3.63) is 52.2 Å². The fraction of sp³-hybridized carbons (Fsp3) is 0.364. The maximum atomic E-state index is 13.8. The van der Waals surface area contributed by atoms with Gasteiger partial charge in [0.2, 0.25) is 0 Å². The van der Waals surface area contributed by atoms with Crippen molar-refractivity contribution in [1.82, 2.24) is 10.3 Å². The summed E-state index contributed by atoms with van der Waals surface area (Å²) in [6.45, 7) is 1.04. The Balaban J connectivity index is 1.47. The van der Waals surface area contributed by atoms with Crippen molar-refractivity contribution in [3.8, 4) is 0 Å². The van der Waals surface area contributed by atoms with Gasteiger partial charge in [0.25, 0.3) is 0 Å². The first-order valence-corrected chi connectivity index (χ1v) is 11.3. The summed E-state index contributed by atoms with van der Waals surface area (Å²) in [5.41, 5.74) is 4.74. The maximum absolute atomic E-state index is 13.8. The van der Waals surface area contributed by atoms with Crippen molar-refractivity contribution in [1.29, 1.82) is 0 Å². The zero-order chi connectivity index (χ0) is 24.6. The van der Waals surface area contributed by atoms with Gasteiger partial charge in [0.1, 0.15) is 21.3 Å². The number of thiophene rings is 1. The number of hydrogen-bond acceptors (Lipinski definition) is 7. The van der Waals surface area contributed by atoms with Gasteiger partial charge in [0, 0.05) is 31.1 Å². The Labute approximate surface area is 195 Å². The second-order valence-corrected chi connectivity index (χ2v) is 9.10. The highest BCUT2D eigenvalue weighted by Crippen LogP contribution is 2.43. The standard InChI is InChI=1S/C22H22F4N4O3S/c23-12-3-1-2-11(8-12)15(31)10-28-13-4-6-30(7-5-13)16-9-14(22(24,25)26)17-18(27)19(21(32)33)34-20(17)29-16/h1-3,8-9,13,15,28,31H,4-7,10,27H2,(H,32,33). The molecule has 1 aromatic carbocycles. The van der Waals surface area contributed by atoms with Gasteiger partial charge in [-0.1, -0.05) is 12.1 Å². The van der Waals surface area contributed by atoms with Crippen LogP contribution in [0.1, 0.15) is 39.7 Å². The predicted molar refractivity (Wildman–Crippen MR) is 121 cm³/mol. The molecule has 1 atom stereocenters. The molecule has 2 aromatic heterocycles.